The maximum Gasteiger partial charge on any atom is 0.253 e. The van der Waals surface area contributed by atoms with Crippen molar-refractivity contribution in [2.75, 3.05) is 20.2 Å². The van der Waals surface area contributed by atoms with E-state index < -0.39 is 5.91 Å². The molecule has 0 saturated carbocycles. The first-order chi connectivity index (χ1) is 14.0. The molecule has 2 aromatic carbocycles. The molecule has 0 bridgehead atoms. The van der Waals surface area contributed by atoms with Gasteiger partial charge in [-0.2, -0.15) is 0 Å². The number of ether oxygens (including phenoxy) is 1. The first-order valence-corrected chi connectivity index (χ1v) is 10.4. The lowest BCUT2D eigenvalue weighted by atomic mass is 10.0. The van der Waals surface area contributed by atoms with Gasteiger partial charge in [0.25, 0.3) is 5.91 Å². The molecule has 3 rings (SSSR count). The molecule has 29 heavy (non-hydrogen) atoms. The van der Waals surface area contributed by atoms with Crippen molar-refractivity contribution >= 4 is 35.0 Å². The van der Waals surface area contributed by atoms with E-state index in [9.17, 15) is 9.59 Å². The Kier molecular flexibility index (Phi) is 7.40. The molecule has 1 aliphatic rings. The standard InChI is InChI=1S/C22H24Cl2N2O3/c1-29-17-9-6-15(7-10-17)20-5-3-2-4-12-26(20)21(27)14-25-22(28)18-11-8-16(23)13-19(18)24/h6-11,13,20H,2-5,12,14H2,1H3,(H,25,28)/t20-/m0/s1. The molecule has 0 spiro atoms. The maximum atomic E-state index is 13.0. The summed E-state index contributed by atoms with van der Waals surface area (Å²) in [6, 6.07) is 12.5. The van der Waals surface area contributed by atoms with E-state index in [-0.39, 0.29) is 23.5 Å². The van der Waals surface area contributed by atoms with E-state index >= 15 is 0 Å². The van der Waals surface area contributed by atoms with Gasteiger partial charge in [0.15, 0.2) is 0 Å². The molecule has 0 unspecified atom stereocenters. The maximum absolute atomic E-state index is 13.0. The zero-order valence-electron chi connectivity index (χ0n) is 16.3. The molecule has 2 amide bonds. The van der Waals surface area contributed by atoms with Gasteiger partial charge >= 0.3 is 0 Å². The molecule has 7 heteroatoms. The SMILES string of the molecule is COc1ccc([C@@H]2CCCCCN2C(=O)CNC(=O)c2ccc(Cl)cc2Cl)cc1. The highest BCUT2D eigenvalue weighted by molar-refractivity contribution is 6.36. The number of nitrogens with one attached hydrogen (secondary N) is 1. The number of carbonyl (C=O) groups excluding carboxylic acids is 2. The van der Waals surface area contributed by atoms with Crippen LogP contribution in [0, 0.1) is 0 Å². The van der Waals surface area contributed by atoms with Crippen molar-refractivity contribution in [3.05, 3.63) is 63.6 Å². The second-order valence-electron chi connectivity index (χ2n) is 7.03. The molecular formula is C22H24Cl2N2O3. The van der Waals surface area contributed by atoms with Crippen molar-refractivity contribution in [1.82, 2.24) is 10.2 Å². The van der Waals surface area contributed by atoms with Crippen LogP contribution >= 0.6 is 23.2 Å². The van der Waals surface area contributed by atoms with E-state index in [4.69, 9.17) is 27.9 Å². The summed E-state index contributed by atoms with van der Waals surface area (Å²) in [4.78, 5) is 27.3. The summed E-state index contributed by atoms with van der Waals surface area (Å²) in [5.41, 5.74) is 1.37. The minimum absolute atomic E-state index is 0.00747. The molecular weight excluding hydrogens is 411 g/mol. The summed E-state index contributed by atoms with van der Waals surface area (Å²) in [5, 5.41) is 3.40. The molecule has 0 radical (unpaired) electrons. The Balaban J connectivity index is 1.69. The lowest BCUT2D eigenvalue weighted by Gasteiger charge is -2.30. The van der Waals surface area contributed by atoms with E-state index in [1.165, 1.54) is 6.07 Å². The fourth-order valence-corrected chi connectivity index (χ4v) is 4.10. The van der Waals surface area contributed by atoms with E-state index in [0.29, 0.717) is 17.1 Å². The Bertz CT molecular complexity index is 871. The smallest absolute Gasteiger partial charge is 0.253 e. The van der Waals surface area contributed by atoms with Crippen LogP contribution in [-0.2, 0) is 4.79 Å². The highest BCUT2D eigenvalue weighted by atomic mass is 35.5. The molecule has 154 valence electrons. The van der Waals surface area contributed by atoms with Gasteiger partial charge in [-0.3, -0.25) is 9.59 Å². The number of rotatable bonds is 5. The van der Waals surface area contributed by atoms with E-state index in [2.05, 4.69) is 5.32 Å². The molecule has 1 saturated heterocycles. The number of likely N-dealkylation sites (tertiary alicyclic amines) is 1. The monoisotopic (exact) mass is 434 g/mol. The molecule has 1 heterocycles. The first kappa shape index (κ1) is 21.5. The molecule has 5 nitrogen and oxygen atoms in total. The number of hydrogen-bond acceptors (Lipinski definition) is 3. The summed E-state index contributed by atoms with van der Waals surface area (Å²) >= 11 is 12.0. The zero-order chi connectivity index (χ0) is 20.8. The van der Waals surface area contributed by atoms with E-state index in [1.807, 2.05) is 29.2 Å². The quantitative estimate of drug-likeness (QED) is 0.729. The number of carbonyl (C=O) groups is 2. The zero-order valence-corrected chi connectivity index (χ0v) is 17.8. The molecule has 1 aliphatic heterocycles. The molecule has 1 atom stereocenters. The largest absolute Gasteiger partial charge is 0.497 e. The van der Waals surface area contributed by atoms with Crippen LogP contribution in [0.5, 0.6) is 5.75 Å². The number of benzene rings is 2. The van der Waals surface area contributed by atoms with Crippen molar-refractivity contribution in [3.63, 3.8) is 0 Å². The van der Waals surface area contributed by atoms with Gasteiger partial charge in [-0.1, -0.05) is 48.2 Å². The highest BCUT2D eigenvalue weighted by Gasteiger charge is 2.27. The molecule has 1 N–H and O–H groups in total. The second kappa shape index (κ2) is 9.99. The van der Waals surface area contributed by atoms with Crippen molar-refractivity contribution < 1.29 is 14.3 Å². The lowest BCUT2D eigenvalue weighted by Crippen LogP contribution is -2.42. The topological polar surface area (TPSA) is 58.6 Å². The van der Waals surface area contributed by atoms with E-state index in [0.717, 1.165) is 37.0 Å². The van der Waals surface area contributed by atoms with Gasteiger partial charge in [-0.15, -0.1) is 0 Å². The minimum Gasteiger partial charge on any atom is -0.497 e. The van der Waals surface area contributed by atoms with Gasteiger partial charge < -0.3 is 15.0 Å². The number of halogens is 2. The number of hydrogen-bond donors (Lipinski definition) is 1. The lowest BCUT2D eigenvalue weighted by molar-refractivity contribution is -0.132. The Morgan fingerprint density at radius 1 is 1.10 bits per heavy atom. The molecule has 0 aliphatic carbocycles. The summed E-state index contributed by atoms with van der Waals surface area (Å²) in [5.74, 6) is 0.286. The van der Waals surface area contributed by atoms with Gasteiger partial charge in [0.05, 0.1) is 30.3 Å². The fraction of sp³-hybridized carbons (Fsp3) is 0.364. The third-order valence-electron chi connectivity index (χ3n) is 5.15. The second-order valence-corrected chi connectivity index (χ2v) is 7.88. The highest BCUT2D eigenvalue weighted by Crippen LogP contribution is 2.31. The van der Waals surface area contributed by atoms with Crippen LogP contribution in [-0.4, -0.2) is 36.9 Å². The van der Waals surface area contributed by atoms with Crippen molar-refractivity contribution in [3.8, 4) is 5.75 Å². The average molecular weight is 435 g/mol. The van der Waals surface area contributed by atoms with Crippen LogP contribution in [0.3, 0.4) is 0 Å². The summed E-state index contributed by atoms with van der Waals surface area (Å²) in [6.45, 7) is 0.595. The number of nitrogens with zero attached hydrogens (tertiary/aromatic N) is 1. The normalized spacial score (nSPS) is 16.8. The van der Waals surface area contributed by atoms with Gasteiger partial charge in [0.1, 0.15) is 5.75 Å². The van der Waals surface area contributed by atoms with Crippen LogP contribution < -0.4 is 10.1 Å². The van der Waals surface area contributed by atoms with Crippen molar-refractivity contribution in [1.29, 1.82) is 0 Å². The Hall–Kier alpha value is -2.24. The Labute approximate surface area is 180 Å². The van der Waals surface area contributed by atoms with Crippen LogP contribution in [0.2, 0.25) is 10.0 Å². The van der Waals surface area contributed by atoms with Crippen LogP contribution in [0.4, 0.5) is 0 Å². The van der Waals surface area contributed by atoms with Gasteiger partial charge in [-0.05, 0) is 48.7 Å². The van der Waals surface area contributed by atoms with Crippen molar-refractivity contribution in [2.45, 2.75) is 31.7 Å². The third-order valence-corrected chi connectivity index (χ3v) is 5.70. The number of amides is 2. The average Bonchev–Trinajstić information content (AvgIpc) is 2.98. The third kappa shape index (κ3) is 5.43. The Morgan fingerprint density at radius 3 is 2.55 bits per heavy atom. The first-order valence-electron chi connectivity index (χ1n) is 9.66. The Morgan fingerprint density at radius 2 is 1.86 bits per heavy atom. The van der Waals surface area contributed by atoms with Crippen LogP contribution in [0.1, 0.15) is 47.6 Å². The van der Waals surface area contributed by atoms with Gasteiger partial charge in [0.2, 0.25) is 5.91 Å². The molecule has 1 fully saturated rings. The van der Waals surface area contributed by atoms with Gasteiger partial charge in [-0.25, -0.2) is 0 Å². The molecule has 2 aromatic rings. The van der Waals surface area contributed by atoms with Crippen LogP contribution in [0.25, 0.3) is 0 Å². The minimum atomic E-state index is -0.393. The predicted octanol–water partition coefficient (Wildman–Crippen LogP) is 4.88. The van der Waals surface area contributed by atoms with Crippen molar-refractivity contribution in [2.24, 2.45) is 0 Å². The van der Waals surface area contributed by atoms with E-state index in [1.54, 1.807) is 19.2 Å². The summed E-state index contributed by atoms with van der Waals surface area (Å²) in [6.07, 6.45) is 4.00. The summed E-state index contributed by atoms with van der Waals surface area (Å²) in [7, 11) is 1.63. The predicted molar refractivity (Wildman–Crippen MR) is 115 cm³/mol. The fourth-order valence-electron chi connectivity index (χ4n) is 3.61. The number of methoxy groups -OCH3 is 1. The van der Waals surface area contributed by atoms with Crippen LogP contribution in [0.15, 0.2) is 42.5 Å². The van der Waals surface area contributed by atoms with Gasteiger partial charge in [0, 0.05) is 11.6 Å². The molecule has 0 aromatic heterocycles. The summed E-state index contributed by atoms with van der Waals surface area (Å²) < 4.78 is 5.23.